The topological polar surface area (TPSA) is 30.0 Å². The van der Waals surface area contributed by atoms with Crippen molar-refractivity contribution in [1.29, 1.82) is 0 Å². The predicted octanol–water partition coefficient (Wildman–Crippen LogP) is 3.88. The lowest BCUT2D eigenvalue weighted by molar-refractivity contribution is -0.137. The Labute approximate surface area is 118 Å². The molecule has 1 aromatic heterocycles. The van der Waals surface area contributed by atoms with Crippen molar-refractivity contribution in [2.45, 2.75) is 25.9 Å². The minimum atomic E-state index is -4.33. The number of carbonyl (C=O) groups is 1. The molecule has 0 aliphatic rings. The van der Waals surface area contributed by atoms with Gasteiger partial charge in [0.1, 0.15) is 5.78 Å². The number of rotatable bonds is 4. The van der Waals surface area contributed by atoms with Gasteiger partial charge in [0.2, 0.25) is 0 Å². The minimum Gasteiger partial charge on any atom is -0.300 e. The van der Waals surface area contributed by atoms with Crippen LogP contribution in [-0.4, -0.2) is 10.8 Å². The van der Waals surface area contributed by atoms with Crippen molar-refractivity contribution < 1.29 is 18.0 Å². The molecule has 2 nitrogen and oxygen atoms in total. The summed E-state index contributed by atoms with van der Waals surface area (Å²) in [7, 11) is 0. The Balaban J connectivity index is 2.14. The number of benzene rings is 1. The van der Waals surface area contributed by atoms with Gasteiger partial charge in [-0.15, -0.1) is 11.3 Å². The lowest BCUT2D eigenvalue weighted by Crippen LogP contribution is -2.05. The molecule has 0 aliphatic carbocycles. The molecule has 0 amide bonds. The summed E-state index contributed by atoms with van der Waals surface area (Å²) in [6.45, 7) is 1.48. The van der Waals surface area contributed by atoms with Gasteiger partial charge in [-0.1, -0.05) is 18.2 Å². The lowest BCUT2D eigenvalue weighted by Gasteiger charge is -2.07. The van der Waals surface area contributed by atoms with Gasteiger partial charge >= 0.3 is 6.18 Å². The molecular formula is C14H12F3NOS. The molecule has 0 N–H and O–H groups in total. The number of hydrogen-bond donors (Lipinski definition) is 0. The second-order valence-corrected chi connectivity index (χ2v) is 5.43. The Bertz CT molecular complexity index is 619. The van der Waals surface area contributed by atoms with Crippen molar-refractivity contribution in [3.05, 3.63) is 51.5 Å². The second-order valence-electron chi connectivity index (χ2n) is 4.49. The van der Waals surface area contributed by atoms with Gasteiger partial charge in [0.15, 0.2) is 0 Å². The first kappa shape index (κ1) is 14.7. The average Bonchev–Trinajstić information content (AvgIpc) is 2.75. The molecule has 106 valence electrons. The van der Waals surface area contributed by atoms with E-state index in [4.69, 9.17) is 0 Å². The highest BCUT2D eigenvalue weighted by Crippen LogP contribution is 2.30. The highest BCUT2D eigenvalue weighted by molar-refractivity contribution is 7.09. The summed E-state index contributed by atoms with van der Waals surface area (Å²) < 4.78 is 37.8. The number of Topliss-reactive ketones (excluding diaryl/α,β-unsaturated/α-hetero) is 1. The summed E-state index contributed by atoms with van der Waals surface area (Å²) in [5, 5.41) is 2.48. The molecule has 0 bridgehead atoms. The number of hydrogen-bond acceptors (Lipinski definition) is 3. The van der Waals surface area contributed by atoms with E-state index in [0.29, 0.717) is 22.7 Å². The monoisotopic (exact) mass is 299 g/mol. The zero-order chi connectivity index (χ0) is 14.8. The van der Waals surface area contributed by atoms with Crippen molar-refractivity contribution in [2.75, 3.05) is 0 Å². The molecule has 6 heteroatoms. The predicted molar refractivity (Wildman–Crippen MR) is 70.7 cm³/mol. The molecule has 2 aromatic rings. The number of carbonyl (C=O) groups excluding carboxylic acids is 1. The largest absolute Gasteiger partial charge is 0.416 e. The van der Waals surface area contributed by atoms with E-state index in [0.717, 1.165) is 12.1 Å². The van der Waals surface area contributed by atoms with Crippen LogP contribution in [-0.2, 0) is 23.8 Å². The maximum absolute atomic E-state index is 12.6. The average molecular weight is 299 g/mol. The lowest BCUT2D eigenvalue weighted by atomic mass is 10.1. The molecule has 1 heterocycles. The molecule has 0 unspecified atom stereocenters. The molecule has 20 heavy (non-hydrogen) atoms. The standard InChI is InChI=1S/C14H12F3NOS/c1-9(19)5-12-8-20-13(18-12)7-10-3-2-4-11(6-10)14(15,16)17/h2-4,6,8H,5,7H2,1H3. The first-order chi connectivity index (χ1) is 9.34. The van der Waals surface area contributed by atoms with E-state index in [1.807, 2.05) is 0 Å². The Kier molecular flexibility index (Phi) is 4.23. The van der Waals surface area contributed by atoms with Crippen LogP contribution in [0.2, 0.25) is 0 Å². The summed E-state index contributed by atoms with van der Waals surface area (Å²) >= 11 is 1.36. The number of nitrogens with zero attached hydrogens (tertiary/aromatic N) is 1. The fraction of sp³-hybridized carbons (Fsp3) is 0.286. The molecule has 0 spiro atoms. The third-order valence-electron chi connectivity index (χ3n) is 2.64. The molecule has 0 saturated heterocycles. The molecule has 0 fully saturated rings. The van der Waals surface area contributed by atoms with Crippen molar-refractivity contribution in [2.24, 2.45) is 0 Å². The summed E-state index contributed by atoms with van der Waals surface area (Å²) in [6.07, 6.45) is -3.73. The Morgan fingerprint density at radius 3 is 2.75 bits per heavy atom. The number of alkyl halides is 3. The van der Waals surface area contributed by atoms with Crippen LogP contribution in [0, 0.1) is 0 Å². The van der Waals surface area contributed by atoms with Crippen molar-refractivity contribution in [3.8, 4) is 0 Å². The van der Waals surface area contributed by atoms with E-state index in [9.17, 15) is 18.0 Å². The molecule has 2 rings (SSSR count). The van der Waals surface area contributed by atoms with Gasteiger partial charge in [-0.05, 0) is 18.6 Å². The fourth-order valence-corrected chi connectivity index (χ4v) is 2.63. The van der Waals surface area contributed by atoms with Gasteiger partial charge in [0.05, 0.1) is 16.3 Å². The van der Waals surface area contributed by atoms with Crippen molar-refractivity contribution in [1.82, 2.24) is 4.98 Å². The number of aromatic nitrogens is 1. The quantitative estimate of drug-likeness (QED) is 0.857. The van der Waals surface area contributed by atoms with E-state index in [1.54, 1.807) is 11.4 Å². The minimum absolute atomic E-state index is 0.0147. The smallest absolute Gasteiger partial charge is 0.300 e. The van der Waals surface area contributed by atoms with Crippen LogP contribution < -0.4 is 0 Å². The summed E-state index contributed by atoms with van der Waals surface area (Å²) in [5.41, 5.74) is 0.573. The zero-order valence-corrected chi connectivity index (χ0v) is 11.5. The second kappa shape index (κ2) is 5.75. The normalized spacial score (nSPS) is 11.6. The third-order valence-corrected chi connectivity index (χ3v) is 3.54. The van der Waals surface area contributed by atoms with Crippen LogP contribution in [0.15, 0.2) is 29.6 Å². The molecule has 0 atom stereocenters. The van der Waals surface area contributed by atoms with Crippen molar-refractivity contribution in [3.63, 3.8) is 0 Å². The number of thiazole rings is 1. The van der Waals surface area contributed by atoms with Gasteiger partial charge < -0.3 is 0 Å². The highest BCUT2D eigenvalue weighted by Gasteiger charge is 2.30. The van der Waals surface area contributed by atoms with Gasteiger partial charge in [-0.25, -0.2) is 4.98 Å². The van der Waals surface area contributed by atoms with Crippen LogP contribution in [0.3, 0.4) is 0 Å². The van der Waals surface area contributed by atoms with Gasteiger partial charge in [-0.3, -0.25) is 4.79 Å². The van der Waals surface area contributed by atoms with E-state index in [-0.39, 0.29) is 12.2 Å². The maximum Gasteiger partial charge on any atom is 0.416 e. The van der Waals surface area contributed by atoms with Crippen LogP contribution in [0.4, 0.5) is 13.2 Å². The molecule has 0 saturated carbocycles. The third kappa shape index (κ3) is 3.90. The number of ketones is 1. The Morgan fingerprint density at radius 2 is 2.10 bits per heavy atom. The SMILES string of the molecule is CC(=O)Cc1csc(Cc2cccc(C(F)(F)F)c2)n1. The van der Waals surface area contributed by atoms with E-state index >= 15 is 0 Å². The highest BCUT2D eigenvalue weighted by atomic mass is 32.1. The van der Waals surface area contributed by atoms with Crippen LogP contribution in [0.25, 0.3) is 0 Å². The van der Waals surface area contributed by atoms with E-state index in [2.05, 4.69) is 4.98 Å². The molecule has 0 aliphatic heterocycles. The maximum atomic E-state index is 12.6. The summed E-state index contributed by atoms with van der Waals surface area (Å²) in [4.78, 5) is 15.2. The molecular weight excluding hydrogens is 287 g/mol. The Hall–Kier alpha value is -1.69. The summed E-state index contributed by atoms with van der Waals surface area (Å²) in [5.74, 6) is 0.0147. The molecule has 0 radical (unpaired) electrons. The zero-order valence-electron chi connectivity index (χ0n) is 10.7. The number of halogens is 3. The first-order valence-electron chi connectivity index (χ1n) is 5.93. The molecule has 1 aromatic carbocycles. The van der Waals surface area contributed by atoms with Gasteiger partial charge in [0.25, 0.3) is 0 Å². The summed E-state index contributed by atoms with van der Waals surface area (Å²) in [6, 6.07) is 5.21. The van der Waals surface area contributed by atoms with Crippen LogP contribution in [0.1, 0.15) is 28.8 Å². The van der Waals surface area contributed by atoms with Crippen LogP contribution >= 0.6 is 11.3 Å². The fourth-order valence-electron chi connectivity index (χ4n) is 1.80. The van der Waals surface area contributed by atoms with Crippen molar-refractivity contribution >= 4 is 17.1 Å². The van der Waals surface area contributed by atoms with E-state index < -0.39 is 11.7 Å². The van der Waals surface area contributed by atoms with Crippen LogP contribution in [0.5, 0.6) is 0 Å². The first-order valence-corrected chi connectivity index (χ1v) is 6.81. The Morgan fingerprint density at radius 1 is 1.35 bits per heavy atom. The van der Waals surface area contributed by atoms with Gasteiger partial charge in [0, 0.05) is 18.2 Å². The van der Waals surface area contributed by atoms with E-state index in [1.165, 1.54) is 24.3 Å². The van der Waals surface area contributed by atoms with Gasteiger partial charge in [-0.2, -0.15) is 13.2 Å².